The number of hydrogen-bond acceptors (Lipinski definition) is 6. The molecule has 0 aliphatic carbocycles. The number of carbonyl (C=O) groups excluding carboxylic acids is 3. The van der Waals surface area contributed by atoms with E-state index >= 15 is 0 Å². The summed E-state index contributed by atoms with van der Waals surface area (Å²) in [4.78, 5) is 43.8. The van der Waals surface area contributed by atoms with E-state index in [-0.39, 0.29) is 6.04 Å². The summed E-state index contributed by atoms with van der Waals surface area (Å²) in [5.41, 5.74) is 2.25. The Morgan fingerprint density at radius 1 is 1.11 bits per heavy atom. The molecule has 2 aromatic heterocycles. The summed E-state index contributed by atoms with van der Waals surface area (Å²) in [5, 5.41) is 13.2. The third-order valence-electron chi connectivity index (χ3n) is 5.76. The number of amides is 3. The average Bonchev–Trinajstić information content (AvgIpc) is 3.27. The summed E-state index contributed by atoms with van der Waals surface area (Å²) in [5.74, 6) is -1.000. The van der Waals surface area contributed by atoms with Crippen molar-refractivity contribution in [2.45, 2.75) is 58.6 Å². The molecule has 0 radical (unpaired) electrons. The molecule has 0 unspecified atom stereocenters. The van der Waals surface area contributed by atoms with Gasteiger partial charge in [0.2, 0.25) is 0 Å². The Balaban J connectivity index is 1.44. The Morgan fingerprint density at radius 2 is 1.91 bits per heavy atom. The lowest BCUT2D eigenvalue weighted by Gasteiger charge is -2.35. The van der Waals surface area contributed by atoms with Crippen molar-refractivity contribution in [3.05, 3.63) is 47.8 Å². The summed E-state index contributed by atoms with van der Waals surface area (Å²) >= 11 is 0. The fourth-order valence-electron chi connectivity index (χ4n) is 4.18. The number of pyridine rings is 1. The number of rotatable bonds is 3. The summed E-state index contributed by atoms with van der Waals surface area (Å²) in [7, 11) is 0. The fraction of sp³-hybridized carbons (Fsp3) is 0.400. The molecule has 3 N–H and O–H groups in total. The van der Waals surface area contributed by atoms with Gasteiger partial charge in [-0.1, -0.05) is 6.07 Å². The van der Waals surface area contributed by atoms with Crippen molar-refractivity contribution in [3.63, 3.8) is 0 Å². The van der Waals surface area contributed by atoms with Crippen LogP contribution in [0.25, 0.3) is 10.9 Å². The number of piperidine rings is 1. The number of ether oxygens (including phenoxy) is 1. The highest BCUT2D eigenvalue weighted by atomic mass is 16.6. The van der Waals surface area contributed by atoms with Gasteiger partial charge in [-0.05, 0) is 76.3 Å². The summed E-state index contributed by atoms with van der Waals surface area (Å²) < 4.78 is 5.24. The molecule has 3 amide bonds. The van der Waals surface area contributed by atoms with Crippen molar-refractivity contribution < 1.29 is 19.1 Å². The van der Waals surface area contributed by atoms with E-state index in [1.165, 1.54) is 6.20 Å². The van der Waals surface area contributed by atoms with Gasteiger partial charge >= 0.3 is 17.9 Å². The smallest absolute Gasteiger partial charge is 0.413 e. The molecule has 10 nitrogen and oxygen atoms in total. The van der Waals surface area contributed by atoms with Crippen molar-refractivity contribution in [3.8, 4) is 0 Å². The largest absolute Gasteiger partial charge is 0.444 e. The van der Waals surface area contributed by atoms with E-state index in [0.717, 1.165) is 35.7 Å². The molecule has 4 rings (SSSR count). The second-order valence-corrected chi connectivity index (χ2v) is 9.70. The predicted molar refractivity (Wildman–Crippen MR) is 132 cm³/mol. The minimum absolute atomic E-state index is 0.179. The Kier molecular flexibility index (Phi) is 6.72. The van der Waals surface area contributed by atoms with E-state index in [0.29, 0.717) is 23.6 Å². The second kappa shape index (κ2) is 9.73. The normalized spacial score (nSPS) is 16.1. The van der Waals surface area contributed by atoms with Crippen LogP contribution in [0.2, 0.25) is 0 Å². The van der Waals surface area contributed by atoms with E-state index in [9.17, 15) is 14.4 Å². The van der Waals surface area contributed by atoms with Crippen molar-refractivity contribution in [2.24, 2.45) is 0 Å². The van der Waals surface area contributed by atoms with Gasteiger partial charge < -0.3 is 15.0 Å². The topological polar surface area (TPSA) is 129 Å². The fourth-order valence-corrected chi connectivity index (χ4v) is 4.18. The lowest BCUT2D eigenvalue weighted by Crippen LogP contribution is -2.44. The molecular formula is C25H30N6O4. The number of hydrogen-bond donors (Lipinski definition) is 3. The predicted octanol–water partition coefficient (Wildman–Crippen LogP) is 4.31. The zero-order valence-corrected chi connectivity index (χ0v) is 20.3. The highest BCUT2D eigenvalue weighted by molar-refractivity contribution is 6.39. The zero-order valence-electron chi connectivity index (χ0n) is 20.3. The number of H-pyrrole nitrogens is 1. The number of aromatic amines is 1. The molecule has 35 heavy (non-hydrogen) atoms. The number of nitrogens with zero attached hydrogens (tertiary/aromatic N) is 3. The minimum Gasteiger partial charge on any atom is -0.444 e. The summed E-state index contributed by atoms with van der Waals surface area (Å²) in [6.07, 6.45) is 5.13. The van der Waals surface area contributed by atoms with Gasteiger partial charge in [-0.15, -0.1) is 0 Å². The maximum atomic E-state index is 13.1. The molecule has 0 bridgehead atoms. The van der Waals surface area contributed by atoms with Gasteiger partial charge in [0.15, 0.2) is 0 Å². The molecule has 0 saturated carbocycles. The number of likely N-dealkylation sites (tertiary alicyclic amines) is 1. The Hall–Kier alpha value is -3.95. The molecule has 1 atom stereocenters. The first-order valence-electron chi connectivity index (χ1n) is 11.6. The monoisotopic (exact) mass is 478 g/mol. The number of carbonyl (C=O) groups is 3. The van der Waals surface area contributed by atoms with Gasteiger partial charge in [0.1, 0.15) is 11.4 Å². The highest BCUT2D eigenvalue weighted by Crippen LogP contribution is 2.32. The SMILES string of the molecule is Cc1cc(NC(=O)C(=O)N2CCCC[C@@H]2c2ccc3[nH]ncc3c2)cnc1NC(=O)OC(C)(C)C. The average molecular weight is 479 g/mol. The molecular weight excluding hydrogens is 448 g/mol. The second-order valence-electron chi connectivity index (χ2n) is 9.70. The number of fused-ring (bicyclic) bond motifs is 1. The quantitative estimate of drug-likeness (QED) is 0.481. The van der Waals surface area contributed by atoms with Crippen LogP contribution in [0.5, 0.6) is 0 Å². The molecule has 1 aliphatic rings. The first-order chi connectivity index (χ1) is 16.6. The summed E-state index contributed by atoms with van der Waals surface area (Å²) in [6.45, 7) is 7.56. The lowest BCUT2D eigenvalue weighted by atomic mass is 9.94. The van der Waals surface area contributed by atoms with Gasteiger partial charge in [0.05, 0.1) is 29.6 Å². The Morgan fingerprint density at radius 3 is 2.66 bits per heavy atom. The van der Waals surface area contributed by atoms with Gasteiger partial charge in [-0.25, -0.2) is 9.78 Å². The standard InChI is InChI=1S/C25H30N6O4/c1-15-11-18(14-26-21(15)29-24(34)35-25(2,3)4)28-22(32)23(33)31-10-6-5-7-20(31)16-8-9-19-17(12-16)13-27-30-19/h8-9,11-14,20H,5-7,10H2,1-4H3,(H,27,30)(H,28,32)(H,26,29,34)/t20-/m1/s1. The number of benzene rings is 1. The van der Waals surface area contributed by atoms with Crippen molar-refractivity contribution in [1.82, 2.24) is 20.1 Å². The van der Waals surface area contributed by atoms with Crippen LogP contribution < -0.4 is 10.6 Å². The Bertz CT molecular complexity index is 1260. The van der Waals surface area contributed by atoms with Crippen LogP contribution in [-0.4, -0.2) is 50.1 Å². The maximum Gasteiger partial charge on any atom is 0.413 e. The van der Waals surface area contributed by atoms with Crippen LogP contribution >= 0.6 is 0 Å². The molecule has 1 fully saturated rings. The number of anilines is 2. The Labute approximate surface area is 203 Å². The van der Waals surface area contributed by atoms with Crippen molar-refractivity contribution >= 4 is 40.3 Å². The first kappa shape index (κ1) is 24.2. The van der Waals surface area contributed by atoms with Crippen molar-refractivity contribution in [1.29, 1.82) is 0 Å². The van der Waals surface area contributed by atoms with E-state index in [4.69, 9.17) is 4.74 Å². The van der Waals surface area contributed by atoms with E-state index in [2.05, 4.69) is 25.8 Å². The van der Waals surface area contributed by atoms with Crippen LogP contribution in [0.1, 0.15) is 57.2 Å². The molecule has 3 aromatic rings. The molecule has 1 saturated heterocycles. The van der Waals surface area contributed by atoms with Gasteiger partial charge in [0.25, 0.3) is 0 Å². The van der Waals surface area contributed by atoms with Crippen LogP contribution in [0.4, 0.5) is 16.3 Å². The summed E-state index contributed by atoms with van der Waals surface area (Å²) in [6, 6.07) is 7.39. The van der Waals surface area contributed by atoms with Crippen LogP contribution in [0, 0.1) is 6.92 Å². The van der Waals surface area contributed by atoms with Crippen LogP contribution in [0.15, 0.2) is 36.7 Å². The molecule has 0 spiro atoms. The van der Waals surface area contributed by atoms with Crippen molar-refractivity contribution in [2.75, 3.05) is 17.2 Å². The molecule has 184 valence electrons. The van der Waals surface area contributed by atoms with Gasteiger partial charge in [-0.2, -0.15) is 5.10 Å². The number of aromatic nitrogens is 3. The molecule has 3 heterocycles. The molecule has 10 heteroatoms. The number of nitrogens with one attached hydrogen (secondary N) is 3. The number of aryl methyl sites for hydroxylation is 1. The molecule has 1 aromatic carbocycles. The maximum absolute atomic E-state index is 13.1. The minimum atomic E-state index is -0.727. The van der Waals surface area contributed by atoms with Gasteiger partial charge in [-0.3, -0.25) is 20.0 Å². The molecule has 1 aliphatic heterocycles. The highest BCUT2D eigenvalue weighted by Gasteiger charge is 2.32. The third-order valence-corrected chi connectivity index (χ3v) is 5.76. The van der Waals surface area contributed by atoms with E-state index in [1.54, 1.807) is 44.9 Å². The lowest BCUT2D eigenvalue weighted by molar-refractivity contribution is -0.145. The van der Waals surface area contributed by atoms with Gasteiger partial charge in [0, 0.05) is 11.9 Å². The van der Waals surface area contributed by atoms with E-state index in [1.807, 2.05) is 18.2 Å². The van der Waals surface area contributed by atoms with E-state index < -0.39 is 23.5 Å². The van der Waals surface area contributed by atoms with Crippen LogP contribution in [-0.2, 0) is 14.3 Å². The third kappa shape index (κ3) is 5.76. The zero-order chi connectivity index (χ0) is 25.2. The van der Waals surface area contributed by atoms with Crippen LogP contribution in [0.3, 0.4) is 0 Å². The first-order valence-corrected chi connectivity index (χ1v) is 11.6.